The van der Waals surface area contributed by atoms with Crippen LogP contribution in [0.1, 0.15) is 24.9 Å². The zero-order chi connectivity index (χ0) is 14.8. The second-order valence-corrected chi connectivity index (χ2v) is 6.51. The first-order valence-electron chi connectivity index (χ1n) is 6.72. The summed E-state index contributed by atoms with van der Waals surface area (Å²) in [6.07, 6.45) is 0.943. The molecule has 0 spiro atoms. The van der Waals surface area contributed by atoms with E-state index in [1.807, 2.05) is 41.9 Å². The summed E-state index contributed by atoms with van der Waals surface area (Å²) in [4.78, 5) is 4.43. The highest BCUT2D eigenvalue weighted by Gasteiger charge is 2.14. The summed E-state index contributed by atoms with van der Waals surface area (Å²) in [5, 5.41) is 4.97. The van der Waals surface area contributed by atoms with Crippen LogP contribution in [0.2, 0.25) is 10.0 Å². The number of rotatable bonds is 4. The van der Waals surface area contributed by atoms with Gasteiger partial charge in [-0.15, -0.1) is 11.3 Å². The van der Waals surface area contributed by atoms with Crippen LogP contribution < -0.4 is 5.32 Å². The van der Waals surface area contributed by atoms with Crippen LogP contribution in [-0.2, 0) is 0 Å². The Bertz CT molecular complexity index is 753. The van der Waals surface area contributed by atoms with Crippen molar-refractivity contribution in [3.8, 4) is 0 Å². The summed E-state index contributed by atoms with van der Waals surface area (Å²) in [6, 6.07) is 12.0. The van der Waals surface area contributed by atoms with Crippen LogP contribution in [0.4, 0.5) is 5.69 Å². The number of halogens is 2. The van der Waals surface area contributed by atoms with Gasteiger partial charge in [-0.2, -0.15) is 0 Å². The molecule has 0 aliphatic carbocycles. The van der Waals surface area contributed by atoms with Crippen LogP contribution in [0.3, 0.4) is 0 Å². The summed E-state index contributed by atoms with van der Waals surface area (Å²) in [6.45, 7) is 2.14. The summed E-state index contributed by atoms with van der Waals surface area (Å²) < 4.78 is 1.13. The van der Waals surface area contributed by atoms with Crippen molar-refractivity contribution in [3.05, 3.63) is 57.5 Å². The van der Waals surface area contributed by atoms with Crippen molar-refractivity contribution in [1.82, 2.24) is 4.98 Å². The molecule has 1 heterocycles. The Morgan fingerprint density at radius 1 is 1.14 bits per heavy atom. The predicted octanol–water partition coefficient (Wildman–Crippen LogP) is 6.17. The van der Waals surface area contributed by atoms with E-state index in [2.05, 4.69) is 17.2 Å². The number of nitrogens with one attached hydrogen (secondary N) is 1. The lowest BCUT2D eigenvalue weighted by Gasteiger charge is -2.20. The van der Waals surface area contributed by atoms with Crippen molar-refractivity contribution in [1.29, 1.82) is 0 Å². The second-order valence-electron chi connectivity index (χ2n) is 4.78. The predicted molar refractivity (Wildman–Crippen MR) is 92.7 cm³/mol. The van der Waals surface area contributed by atoms with Crippen LogP contribution in [0.15, 0.2) is 41.9 Å². The van der Waals surface area contributed by atoms with Crippen molar-refractivity contribution in [2.45, 2.75) is 19.4 Å². The van der Waals surface area contributed by atoms with Gasteiger partial charge in [0.2, 0.25) is 0 Å². The molecule has 5 heteroatoms. The topological polar surface area (TPSA) is 24.9 Å². The van der Waals surface area contributed by atoms with Gasteiger partial charge in [-0.25, -0.2) is 4.98 Å². The van der Waals surface area contributed by atoms with E-state index in [9.17, 15) is 0 Å². The molecule has 1 atom stereocenters. The first-order chi connectivity index (χ1) is 10.2. The van der Waals surface area contributed by atoms with Gasteiger partial charge in [0, 0.05) is 5.02 Å². The molecule has 0 radical (unpaired) electrons. The van der Waals surface area contributed by atoms with E-state index in [1.165, 1.54) is 5.56 Å². The molecule has 2 aromatic carbocycles. The molecule has 0 bridgehead atoms. The number of aromatic nitrogens is 1. The summed E-state index contributed by atoms with van der Waals surface area (Å²) in [5.74, 6) is 0. The highest BCUT2D eigenvalue weighted by molar-refractivity contribution is 7.16. The molecule has 0 aliphatic heterocycles. The molecule has 0 fully saturated rings. The number of fused-ring (bicyclic) bond motifs is 1. The van der Waals surface area contributed by atoms with E-state index in [-0.39, 0.29) is 6.04 Å². The SMILES string of the molecule is CCC(Nc1c(Cl)ccc2scnc12)c1ccc(Cl)cc1. The molecule has 0 amide bonds. The van der Waals surface area contributed by atoms with Gasteiger partial charge in [-0.05, 0) is 36.2 Å². The van der Waals surface area contributed by atoms with E-state index in [0.29, 0.717) is 5.02 Å². The fourth-order valence-electron chi connectivity index (χ4n) is 2.33. The standard InChI is InChI=1S/C16H14Cl2N2S/c1-2-13(10-3-5-11(17)6-4-10)20-15-12(18)7-8-14-16(15)19-9-21-14/h3-9,13,20H,2H2,1H3. The minimum Gasteiger partial charge on any atom is -0.375 e. The van der Waals surface area contributed by atoms with Gasteiger partial charge >= 0.3 is 0 Å². The van der Waals surface area contributed by atoms with Crippen LogP contribution in [0, 0.1) is 0 Å². The van der Waals surface area contributed by atoms with Crippen molar-refractivity contribution in [2.24, 2.45) is 0 Å². The van der Waals surface area contributed by atoms with E-state index in [1.54, 1.807) is 11.3 Å². The van der Waals surface area contributed by atoms with Crippen LogP contribution >= 0.6 is 34.5 Å². The fraction of sp³-hybridized carbons (Fsp3) is 0.188. The summed E-state index contributed by atoms with van der Waals surface area (Å²) in [7, 11) is 0. The Hall–Kier alpha value is -1.29. The molecule has 21 heavy (non-hydrogen) atoms. The number of hydrogen-bond acceptors (Lipinski definition) is 3. The maximum atomic E-state index is 6.35. The number of hydrogen-bond donors (Lipinski definition) is 1. The monoisotopic (exact) mass is 336 g/mol. The maximum Gasteiger partial charge on any atom is 0.106 e. The Morgan fingerprint density at radius 2 is 1.90 bits per heavy atom. The number of benzene rings is 2. The van der Waals surface area contributed by atoms with Gasteiger partial charge in [0.25, 0.3) is 0 Å². The van der Waals surface area contributed by atoms with Crippen molar-refractivity contribution in [3.63, 3.8) is 0 Å². The lowest BCUT2D eigenvalue weighted by molar-refractivity contribution is 0.750. The van der Waals surface area contributed by atoms with Gasteiger partial charge in [0.05, 0.1) is 27.0 Å². The highest BCUT2D eigenvalue weighted by atomic mass is 35.5. The van der Waals surface area contributed by atoms with E-state index in [4.69, 9.17) is 23.2 Å². The minimum atomic E-state index is 0.173. The third-order valence-electron chi connectivity index (χ3n) is 3.45. The number of thiazole rings is 1. The zero-order valence-electron chi connectivity index (χ0n) is 11.4. The van der Waals surface area contributed by atoms with Gasteiger partial charge in [0.15, 0.2) is 0 Å². The molecule has 0 saturated carbocycles. The molecule has 1 aromatic heterocycles. The quantitative estimate of drug-likeness (QED) is 0.616. The Morgan fingerprint density at radius 3 is 2.62 bits per heavy atom. The van der Waals surface area contributed by atoms with Gasteiger partial charge in [0.1, 0.15) is 5.52 Å². The fourth-order valence-corrected chi connectivity index (χ4v) is 3.35. The van der Waals surface area contributed by atoms with E-state index in [0.717, 1.165) is 27.3 Å². The molecular weight excluding hydrogens is 323 g/mol. The normalized spacial score (nSPS) is 12.5. The first-order valence-corrected chi connectivity index (χ1v) is 8.36. The summed E-state index contributed by atoms with van der Waals surface area (Å²) >= 11 is 13.9. The van der Waals surface area contributed by atoms with E-state index >= 15 is 0 Å². The smallest absolute Gasteiger partial charge is 0.106 e. The average molecular weight is 337 g/mol. The molecular formula is C16H14Cl2N2S. The third kappa shape index (κ3) is 3.00. The Labute approximate surface area is 137 Å². The van der Waals surface area contributed by atoms with Crippen LogP contribution in [0.25, 0.3) is 10.2 Å². The van der Waals surface area contributed by atoms with Crippen molar-refractivity contribution in [2.75, 3.05) is 5.32 Å². The van der Waals surface area contributed by atoms with Crippen LogP contribution in [-0.4, -0.2) is 4.98 Å². The molecule has 108 valence electrons. The van der Waals surface area contributed by atoms with Gasteiger partial charge < -0.3 is 5.32 Å². The number of anilines is 1. The maximum absolute atomic E-state index is 6.35. The van der Waals surface area contributed by atoms with Gasteiger partial charge in [-0.1, -0.05) is 42.3 Å². The molecule has 0 saturated heterocycles. The Kier molecular flexibility index (Phi) is 4.34. The van der Waals surface area contributed by atoms with E-state index < -0.39 is 0 Å². The lowest BCUT2D eigenvalue weighted by Crippen LogP contribution is -2.10. The number of nitrogens with zero attached hydrogens (tertiary/aromatic N) is 1. The third-order valence-corrected chi connectivity index (χ3v) is 4.81. The van der Waals surface area contributed by atoms with Crippen LogP contribution in [0.5, 0.6) is 0 Å². The molecule has 3 rings (SSSR count). The molecule has 1 unspecified atom stereocenters. The average Bonchev–Trinajstić information content (AvgIpc) is 2.96. The summed E-state index contributed by atoms with van der Waals surface area (Å²) in [5.41, 5.74) is 4.86. The minimum absolute atomic E-state index is 0.173. The Balaban J connectivity index is 1.97. The highest BCUT2D eigenvalue weighted by Crippen LogP contribution is 2.35. The van der Waals surface area contributed by atoms with Crippen molar-refractivity contribution >= 4 is 50.4 Å². The molecule has 0 aliphatic rings. The molecule has 1 N–H and O–H groups in total. The molecule has 2 nitrogen and oxygen atoms in total. The largest absolute Gasteiger partial charge is 0.375 e. The lowest BCUT2D eigenvalue weighted by atomic mass is 10.0. The molecule has 3 aromatic rings. The second kappa shape index (κ2) is 6.22. The van der Waals surface area contributed by atoms with Gasteiger partial charge in [-0.3, -0.25) is 0 Å². The first kappa shape index (κ1) is 14.6. The zero-order valence-corrected chi connectivity index (χ0v) is 13.8. The van der Waals surface area contributed by atoms with Crippen molar-refractivity contribution < 1.29 is 0 Å².